The smallest absolute Gasteiger partial charge is 0.130 e. The molecule has 0 amide bonds. The number of hydrogen-bond donors (Lipinski definition) is 0. The summed E-state index contributed by atoms with van der Waals surface area (Å²) in [4.78, 5) is 10.8. The zero-order valence-corrected chi connectivity index (χ0v) is 7.88. The maximum atomic E-state index is 12.8. The summed E-state index contributed by atoms with van der Waals surface area (Å²) in [7, 11) is 0. The first-order valence-corrected chi connectivity index (χ1v) is 4.34. The summed E-state index contributed by atoms with van der Waals surface area (Å²) in [5.41, 5.74) is 0.884. The number of carbonyl (C=O) groups is 1. The van der Waals surface area contributed by atoms with Crippen LogP contribution >= 0.6 is 0 Å². The molecule has 1 aromatic rings. The summed E-state index contributed by atoms with van der Waals surface area (Å²) in [6.45, 7) is 3.48. The van der Waals surface area contributed by atoms with Gasteiger partial charge in [0.15, 0.2) is 0 Å². The van der Waals surface area contributed by atoms with Gasteiger partial charge in [-0.3, -0.25) is 0 Å². The van der Waals surface area contributed by atoms with Gasteiger partial charge in [-0.05, 0) is 30.5 Å². The lowest BCUT2D eigenvalue weighted by Gasteiger charge is -2.08. The van der Waals surface area contributed by atoms with Crippen LogP contribution in [0, 0.1) is 5.82 Å². The van der Waals surface area contributed by atoms with E-state index in [0.29, 0.717) is 6.42 Å². The molecule has 1 aromatic carbocycles. The highest BCUT2D eigenvalue weighted by Gasteiger charge is 2.08. The van der Waals surface area contributed by atoms with Crippen molar-refractivity contribution in [2.45, 2.75) is 26.2 Å². The molecule has 0 aliphatic rings. The van der Waals surface area contributed by atoms with Crippen molar-refractivity contribution >= 4 is 5.78 Å². The molecule has 0 aromatic heterocycles. The Balaban J connectivity index is 2.76. The molecular weight excluding hydrogens is 167 g/mol. The van der Waals surface area contributed by atoms with Crippen molar-refractivity contribution in [1.29, 1.82) is 0 Å². The number of halogens is 1. The quantitative estimate of drug-likeness (QED) is 0.699. The fourth-order valence-electron chi connectivity index (χ4n) is 1.36. The maximum Gasteiger partial charge on any atom is 0.130 e. The van der Waals surface area contributed by atoms with Gasteiger partial charge in [-0.2, -0.15) is 0 Å². The van der Waals surface area contributed by atoms with Crippen molar-refractivity contribution in [3.05, 3.63) is 35.6 Å². The minimum Gasteiger partial charge on any atom is -0.300 e. The van der Waals surface area contributed by atoms with Gasteiger partial charge in [-0.25, -0.2) is 4.39 Å². The van der Waals surface area contributed by atoms with E-state index in [0.717, 1.165) is 5.56 Å². The third kappa shape index (κ3) is 2.98. The topological polar surface area (TPSA) is 17.1 Å². The van der Waals surface area contributed by atoms with Crippen LogP contribution in [0.1, 0.15) is 31.7 Å². The molecule has 0 spiro atoms. The fraction of sp³-hybridized carbons (Fsp3) is 0.364. The molecule has 1 nitrogen and oxygen atoms in total. The SMILES string of the molecule is CC(=O)C[C@H](C)c1cccc(F)c1. The van der Waals surface area contributed by atoms with Crippen LogP contribution in [0.4, 0.5) is 4.39 Å². The molecule has 0 aliphatic heterocycles. The van der Waals surface area contributed by atoms with Crippen molar-refractivity contribution < 1.29 is 9.18 Å². The van der Waals surface area contributed by atoms with E-state index in [1.165, 1.54) is 12.1 Å². The number of hydrogen-bond acceptors (Lipinski definition) is 1. The van der Waals surface area contributed by atoms with Crippen LogP contribution in [0.15, 0.2) is 24.3 Å². The lowest BCUT2D eigenvalue weighted by Crippen LogP contribution is -2.00. The Kier molecular flexibility index (Phi) is 3.18. The molecule has 0 saturated carbocycles. The first-order chi connectivity index (χ1) is 6.09. The Hall–Kier alpha value is -1.18. The number of Topliss-reactive ketones (excluding diaryl/α,β-unsaturated/α-hetero) is 1. The number of rotatable bonds is 3. The van der Waals surface area contributed by atoms with Crippen LogP contribution in [0.25, 0.3) is 0 Å². The van der Waals surface area contributed by atoms with Gasteiger partial charge in [0.2, 0.25) is 0 Å². The molecule has 0 heterocycles. The Bertz CT molecular complexity index is 307. The molecule has 13 heavy (non-hydrogen) atoms. The minimum atomic E-state index is -0.243. The van der Waals surface area contributed by atoms with Crippen LogP contribution in [-0.4, -0.2) is 5.78 Å². The van der Waals surface area contributed by atoms with Gasteiger partial charge < -0.3 is 4.79 Å². The van der Waals surface area contributed by atoms with E-state index < -0.39 is 0 Å². The highest BCUT2D eigenvalue weighted by molar-refractivity contribution is 5.76. The Morgan fingerprint density at radius 1 is 1.54 bits per heavy atom. The average molecular weight is 180 g/mol. The van der Waals surface area contributed by atoms with Crippen LogP contribution in [0.3, 0.4) is 0 Å². The molecule has 2 heteroatoms. The van der Waals surface area contributed by atoms with Gasteiger partial charge >= 0.3 is 0 Å². The number of ketones is 1. The van der Waals surface area contributed by atoms with Crippen molar-refractivity contribution in [1.82, 2.24) is 0 Å². The normalized spacial score (nSPS) is 12.5. The molecule has 70 valence electrons. The molecule has 0 fully saturated rings. The standard InChI is InChI=1S/C11H13FO/c1-8(6-9(2)13)10-4-3-5-11(12)7-10/h3-5,7-8H,6H2,1-2H3/t8-/m0/s1. The van der Waals surface area contributed by atoms with E-state index in [1.807, 2.05) is 13.0 Å². The Morgan fingerprint density at radius 3 is 2.77 bits per heavy atom. The van der Waals surface area contributed by atoms with Crippen molar-refractivity contribution in [2.24, 2.45) is 0 Å². The summed E-state index contributed by atoms with van der Waals surface area (Å²) in [6.07, 6.45) is 0.476. The summed E-state index contributed by atoms with van der Waals surface area (Å²) in [5.74, 6) is -0.00198. The van der Waals surface area contributed by atoms with E-state index in [-0.39, 0.29) is 17.5 Å². The minimum absolute atomic E-state index is 0.105. The molecule has 0 unspecified atom stereocenters. The van der Waals surface area contributed by atoms with Gasteiger partial charge in [0.05, 0.1) is 0 Å². The van der Waals surface area contributed by atoms with E-state index in [2.05, 4.69) is 0 Å². The first-order valence-electron chi connectivity index (χ1n) is 4.34. The molecular formula is C11H13FO. The third-order valence-corrected chi connectivity index (χ3v) is 2.01. The van der Waals surface area contributed by atoms with Gasteiger partial charge in [-0.15, -0.1) is 0 Å². The highest BCUT2D eigenvalue weighted by atomic mass is 19.1. The predicted molar refractivity (Wildman–Crippen MR) is 50.1 cm³/mol. The lowest BCUT2D eigenvalue weighted by atomic mass is 9.96. The Morgan fingerprint density at radius 2 is 2.23 bits per heavy atom. The van der Waals surface area contributed by atoms with Crippen LogP contribution < -0.4 is 0 Å². The predicted octanol–water partition coefficient (Wildman–Crippen LogP) is 2.91. The second kappa shape index (κ2) is 4.17. The van der Waals surface area contributed by atoms with E-state index in [4.69, 9.17) is 0 Å². The van der Waals surface area contributed by atoms with Gasteiger partial charge in [-0.1, -0.05) is 19.1 Å². The van der Waals surface area contributed by atoms with E-state index in [1.54, 1.807) is 13.0 Å². The molecule has 0 bridgehead atoms. The van der Waals surface area contributed by atoms with Crippen LogP contribution in [0.2, 0.25) is 0 Å². The zero-order chi connectivity index (χ0) is 9.84. The third-order valence-electron chi connectivity index (χ3n) is 2.01. The van der Waals surface area contributed by atoms with Gasteiger partial charge in [0.1, 0.15) is 11.6 Å². The fourth-order valence-corrected chi connectivity index (χ4v) is 1.36. The van der Waals surface area contributed by atoms with Crippen LogP contribution in [0.5, 0.6) is 0 Å². The monoisotopic (exact) mass is 180 g/mol. The molecule has 0 radical (unpaired) electrons. The summed E-state index contributed by atoms with van der Waals surface area (Å²) < 4.78 is 12.8. The van der Waals surface area contributed by atoms with E-state index in [9.17, 15) is 9.18 Å². The van der Waals surface area contributed by atoms with E-state index >= 15 is 0 Å². The first kappa shape index (κ1) is 9.90. The van der Waals surface area contributed by atoms with Crippen molar-refractivity contribution in [3.8, 4) is 0 Å². The molecule has 1 atom stereocenters. The highest BCUT2D eigenvalue weighted by Crippen LogP contribution is 2.19. The van der Waals surface area contributed by atoms with Crippen molar-refractivity contribution in [3.63, 3.8) is 0 Å². The van der Waals surface area contributed by atoms with Gasteiger partial charge in [0, 0.05) is 6.42 Å². The number of benzene rings is 1. The van der Waals surface area contributed by atoms with Gasteiger partial charge in [0.25, 0.3) is 0 Å². The summed E-state index contributed by atoms with van der Waals surface area (Å²) in [5, 5.41) is 0. The molecule has 1 rings (SSSR count). The Labute approximate surface area is 77.6 Å². The molecule has 0 aliphatic carbocycles. The van der Waals surface area contributed by atoms with Crippen LogP contribution in [-0.2, 0) is 4.79 Å². The summed E-state index contributed by atoms with van der Waals surface area (Å²) in [6, 6.07) is 6.40. The largest absolute Gasteiger partial charge is 0.300 e. The second-order valence-corrected chi connectivity index (χ2v) is 3.36. The van der Waals surface area contributed by atoms with Crippen molar-refractivity contribution in [2.75, 3.05) is 0 Å². The second-order valence-electron chi connectivity index (χ2n) is 3.36. The molecule has 0 saturated heterocycles. The zero-order valence-electron chi connectivity index (χ0n) is 7.88. The average Bonchev–Trinajstić information content (AvgIpc) is 2.03. The summed E-state index contributed by atoms with van der Waals surface area (Å²) >= 11 is 0. The number of carbonyl (C=O) groups excluding carboxylic acids is 1. The maximum absolute atomic E-state index is 12.8. The molecule has 0 N–H and O–H groups in total. The lowest BCUT2D eigenvalue weighted by molar-refractivity contribution is -0.117.